The predicted octanol–water partition coefficient (Wildman–Crippen LogP) is 4.05. The summed E-state index contributed by atoms with van der Waals surface area (Å²) in [6.45, 7) is 9.96. The Kier molecular flexibility index (Phi) is 18.3. The van der Waals surface area contributed by atoms with Crippen LogP contribution in [0.15, 0.2) is 0 Å². The maximum atomic E-state index is 15.3. The third-order valence-electron chi connectivity index (χ3n) is 6.21. The van der Waals surface area contributed by atoms with Crippen molar-refractivity contribution in [3.8, 4) is 0 Å². The summed E-state index contributed by atoms with van der Waals surface area (Å²) >= 11 is 0. The molecular weight excluding hydrogens is 509 g/mol. The summed E-state index contributed by atoms with van der Waals surface area (Å²) in [5, 5.41) is 0. The van der Waals surface area contributed by atoms with Gasteiger partial charge in [0.05, 0.1) is 0 Å². The van der Waals surface area contributed by atoms with E-state index in [1.807, 2.05) is 6.92 Å². The molecule has 0 unspecified atom stereocenters. The number of ketones is 6. The Morgan fingerprint density at radius 2 is 0.763 bits per heavy atom. The van der Waals surface area contributed by atoms with Crippen LogP contribution in [0.25, 0.3) is 0 Å². The molecule has 0 radical (unpaired) electrons. The highest BCUT2D eigenvalue weighted by atomic mass is 31.2. The second kappa shape index (κ2) is 19.2. The van der Waals surface area contributed by atoms with Crippen molar-refractivity contribution in [1.82, 2.24) is 14.0 Å². The van der Waals surface area contributed by atoms with Crippen LogP contribution in [-0.2, 0) is 33.3 Å². The zero-order chi connectivity index (χ0) is 29.3. The summed E-state index contributed by atoms with van der Waals surface area (Å²) in [5.41, 5.74) is 0. The second-order valence-corrected chi connectivity index (χ2v) is 12.6. The molecule has 0 saturated heterocycles. The van der Waals surface area contributed by atoms with E-state index in [1.165, 1.54) is 27.7 Å². The van der Waals surface area contributed by atoms with Crippen LogP contribution in [0.4, 0.5) is 0 Å². The number of rotatable bonds is 24. The van der Waals surface area contributed by atoms with E-state index in [4.69, 9.17) is 0 Å². The smallest absolute Gasteiger partial charge is 0.286 e. The first-order valence-electron chi connectivity index (χ1n) is 13.6. The van der Waals surface area contributed by atoms with Crippen LogP contribution in [0, 0.1) is 0 Å². The fourth-order valence-electron chi connectivity index (χ4n) is 3.89. The van der Waals surface area contributed by atoms with Crippen LogP contribution in [0.5, 0.6) is 0 Å². The van der Waals surface area contributed by atoms with Crippen LogP contribution in [-0.4, -0.2) is 88.0 Å². The van der Waals surface area contributed by atoms with E-state index in [-0.39, 0.29) is 112 Å². The maximum Gasteiger partial charge on any atom is 0.286 e. The largest absolute Gasteiger partial charge is 0.300 e. The molecule has 0 N–H and O–H groups in total. The van der Waals surface area contributed by atoms with Crippen LogP contribution in [0.1, 0.15) is 99.3 Å². The van der Waals surface area contributed by atoms with E-state index in [9.17, 15) is 28.8 Å². The van der Waals surface area contributed by atoms with Gasteiger partial charge in [0.25, 0.3) is 7.59 Å². The molecule has 0 rings (SSSR count). The Labute approximate surface area is 228 Å². The van der Waals surface area contributed by atoms with Gasteiger partial charge in [-0.15, -0.1) is 0 Å². The molecule has 0 bridgehead atoms. The van der Waals surface area contributed by atoms with Crippen molar-refractivity contribution in [3.05, 3.63) is 0 Å². The molecule has 0 aliphatic carbocycles. The van der Waals surface area contributed by atoms with Crippen LogP contribution < -0.4 is 0 Å². The standard InChI is InChI=1S/C27H48N3O7P/c1-7-9-27(36)15-21-30(20-14-26(35)8-2)38(37,28(16-10-22(3)31)17-11-23(4)32)29(18-12-24(5)33)19-13-25(6)34/h7-21H2,1-6H3. The van der Waals surface area contributed by atoms with Crippen LogP contribution >= 0.6 is 7.59 Å². The Balaban J connectivity index is 6.82. The number of carbonyl (C=O) groups is 6. The number of hydrogen-bond donors (Lipinski definition) is 0. The van der Waals surface area contributed by atoms with Crippen LogP contribution in [0.2, 0.25) is 0 Å². The summed E-state index contributed by atoms with van der Waals surface area (Å²) in [6.07, 6.45) is 1.96. The molecule has 0 aromatic heterocycles. The molecule has 218 valence electrons. The molecular formula is C27H48N3O7P. The summed E-state index contributed by atoms with van der Waals surface area (Å²) in [5.74, 6) is -0.490. The van der Waals surface area contributed by atoms with Gasteiger partial charge in [0.2, 0.25) is 0 Å². The lowest BCUT2D eigenvalue weighted by atomic mass is 10.2. The first kappa shape index (κ1) is 36.1. The lowest BCUT2D eigenvalue weighted by Crippen LogP contribution is -2.45. The van der Waals surface area contributed by atoms with E-state index in [1.54, 1.807) is 20.9 Å². The highest BCUT2D eigenvalue weighted by Gasteiger charge is 2.43. The fraction of sp³-hybridized carbons (Fsp3) is 0.778. The molecule has 0 aliphatic rings. The Hall–Kier alpha value is -1.87. The van der Waals surface area contributed by atoms with Gasteiger partial charge < -0.3 is 0 Å². The van der Waals surface area contributed by atoms with E-state index >= 15 is 4.57 Å². The van der Waals surface area contributed by atoms with Gasteiger partial charge >= 0.3 is 0 Å². The summed E-state index contributed by atoms with van der Waals surface area (Å²) in [7, 11) is -3.83. The number of carbonyl (C=O) groups excluding carboxylic acids is 6. The third kappa shape index (κ3) is 14.3. The zero-order valence-corrected chi connectivity index (χ0v) is 25.1. The Morgan fingerprint density at radius 3 is 1.03 bits per heavy atom. The number of hydrogen-bond acceptors (Lipinski definition) is 7. The quantitative estimate of drug-likeness (QED) is 0.160. The monoisotopic (exact) mass is 557 g/mol. The number of nitrogens with zero attached hydrogens (tertiary/aromatic N) is 3. The van der Waals surface area contributed by atoms with Gasteiger partial charge in [-0.3, -0.25) is 33.3 Å². The van der Waals surface area contributed by atoms with E-state index in [0.717, 1.165) is 0 Å². The highest BCUT2D eigenvalue weighted by Crippen LogP contribution is 2.57. The van der Waals surface area contributed by atoms with E-state index < -0.39 is 7.59 Å². The summed E-state index contributed by atoms with van der Waals surface area (Å²) < 4.78 is 20.2. The Morgan fingerprint density at radius 1 is 0.474 bits per heavy atom. The SMILES string of the molecule is CCCC(=O)CCN(CCC(=O)CC)P(=O)(N(CCC(C)=O)CCC(C)=O)N(CCC(C)=O)CCC(C)=O. The minimum atomic E-state index is -3.83. The zero-order valence-electron chi connectivity index (χ0n) is 24.3. The average Bonchev–Trinajstić information content (AvgIpc) is 2.82. The number of Topliss-reactive ketones (excluding diaryl/α,β-unsaturated/α-hetero) is 6. The lowest BCUT2D eigenvalue weighted by Gasteiger charge is -2.45. The molecule has 0 spiro atoms. The fourth-order valence-corrected chi connectivity index (χ4v) is 7.12. The van der Waals surface area contributed by atoms with Gasteiger partial charge in [0.15, 0.2) is 0 Å². The second-order valence-electron chi connectivity index (χ2n) is 9.86. The maximum absolute atomic E-state index is 15.3. The van der Waals surface area contributed by atoms with Crippen molar-refractivity contribution in [3.63, 3.8) is 0 Å². The minimum absolute atomic E-state index is 0.00362. The molecule has 0 aromatic rings. The van der Waals surface area contributed by atoms with Gasteiger partial charge in [0, 0.05) is 90.6 Å². The molecule has 10 nitrogen and oxygen atoms in total. The molecule has 11 heteroatoms. The summed E-state index contributed by atoms with van der Waals surface area (Å²) in [6, 6.07) is 0. The molecule has 38 heavy (non-hydrogen) atoms. The first-order chi connectivity index (χ1) is 17.8. The predicted molar refractivity (Wildman–Crippen MR) is 148 cm³/mol. The van der Waals surface area contributed by atoms with Gasteiger partial charge in [-0.25, -0.2) is 14.0 Å². The molecule has 0 heterocycles. The molecule has 0 aliphatic heterocycles. The molecule has 0 amide bonds. The van der Waals surface area contributed by atoms with Crippen molar-refractivity contribution in [2.75, 3.05) is 39.3 Å². The van der Waals surface area contributed by atoms with Crippen molar-refractivity contribution in [2.45, 2.75) is 99.3 Å². The van der Waals surface area contributed by atoms with Gasteiger partial charge in [-0.05, 0) is 34.1 Å². The highest BCUT2D eigenvalue weighted by molar-refractivity contribution is 7.56. The Bertz CT molecular complexity index is 795. The molecule has 0 atom stereocenters. The molecule has 0 fully saturated rings. The lowest BCUT2D eigenvalue weighted by molar-refractivity contribution is -0.119. The van der Waals surface area contributed by atoms with Crippen molar-refractivity contribution < 1.29 is 33.3 Å². The van der Waals surface area contributed by atoms with Crippen LogP contribution in [0.3, 0.4) is 0 Å². The van der Waals surface area contributed by atoms with E-state index in [0.29, 0.717) is 19.3 Å². The first-order valence-corrected chi connectivity index (χ1v) is 15.2. The van der Waals surface area contributed by atoms with Gasteiger partial charge in [0.1, 0.15) is 34.7 Å². The van der Waals surface area contributed by atoms with Crippen molar-refractivity contribution in [2.24, 2.45) is 0 Å². The van der Waals surface area contributed by atoms with Gasteiger partial charge in [-0.1, -0.05) is 13.8 Å². The van der Waals surface area contributed by atoms with Crippen molar-refractivity contribution >= 4 is 42.3 Å². The van der Waals surface area contributed by atoms with Gasteiger partial charge in [-0.2, -0.15) is 0 Å². The topological polar surface area (TPSA) is 129 Å². The minimum Gasteiger partial charge on any atom is -0.300 e. The van der Waals surface area contributed by atoms with E-state index in [2.05, 4.69) is 0 Å². The molecule has 0 aromatic carbocycles. The molecule has 0 saturated carbocycles. The van der Waals surface area contributed by atoms with Crippen molar-refractivity contribution in [1.29, 1.82) is 0 Å². The normalized spacial score (nSPS) is 11.8. The average molecular weight is 558 g/mol. The summed E-state index contributed by atoms with van der Waals surface area (Å²) in [4.78, 5) is 72.5. The third-order valence-corrected chi connectivity index (χ3v) is 9.62.